The molecule has 96 valence electrons. The molecule has 1 N–H and O–H groups in total. The molecule has 1 aliphatic rings. The summed E-state index contributed by atoms with van der Waals surface area (Å²) in [4.78, 5) is 0. The third-order valence-electron chi connectivity index (χ3n) is 3.22. The summed E-state index contributed by atoms with van der Waals surface area (Å²) in [6.45, 7) is 0.493. The molecular formula is C11H17NO3S2. The molecule has 6 heteroatoms. The number of thiophene rings is 1. The van der Waals surface area contributed by atoms with E-state index in [1.807, 2.05) is 0 Å². The molecule has 17 heavy (non-hydrogen) atoms. The first kappa shape index (κ1) is 13.0. The van der Waals surface area contributed by atoms with E-state index in [-0.39, 0.29) is 6.61 Å². The molecule has 1 heterocycles. The zero-order valence-electron chi connectivity index (χ0n) is 9.80. The van der Waals surface area contributed by atoms with Crippen molar-refractivity contribution in [3.05, 3.63) is 17.0 Å². The summed E-state index contributed by atoms with van der Waals surface area (Å²) in [5.74, 6) is 0.520. The Kier molecular flexibility index (Phi) is 3.87. The maximum absolute atomic E-state index is 12.2. The first-order valence-corrected chi connectivity index (χ1v) is 8.00. The molecular weight excluding hydrogens is 258 g/mol. The minimum Gasteiger partial charge on any atom is -0.392 e. The van der Waals surface area contributed by atoms with E-state index in [0.29, 0.717) is 22.2 Å². The Balaban J connectivity index is 2.10. The van der Waals surface area contributed by atoms with Crippen LogP contribution in [0, 0.1) is 5.92 Å². The van der Waals surface area contributed by atoms with Crippen LogP contribution in [0.15, 0.2) is 15.7 Å². The monoisotopic (exact) mass is 275 g/mol. The molecule has 0 aliphatic heterocycles. The van der Waals surface area contributed by atoms with Crippen LogP contribution in [0.25, 0.3) is 0 Å². The highest BCUT2D eigenvalue weighted by atomic mass is 32.2. The van der Waals surface area contributed by atoms with Crippen molar-refractivity contribution in [2.45, 2.75) is 30.1 Å². The average Bonchev–Trinajstić information content (AvgIpc) is 2.71. The Hall–Kier alpha value is -0.430. The molecule has 4 nitrogen and oxygen atoms in total. The zero-order valence-corrected chi connectivity index (χ0v) is 11.4. The van der Waals surface area contributed by atoms with E-state index in [0.717, 1.165) is 12.8 Å². The van der Waals surface area contributed by atoms with Crippen molar-refractivity contribution in [3.63, 3.8) is 0 Å². The number of hydrogen-bond acceptors (Lipinski definition) is 4. The van der Waals surface area contributed by atoms with Crippen molar-refractivity contribution in [2.24, 2.45) is 5.92 Å². The first-order chi connectivity index (χ1) is 8.04. The summed E-state index contributed by atoms with van der Waals surface area (Å²) in [5.41, 5.74) is 0.658. The molecule has 0 bridgehead atoms. The van der Waals surface area contributed by atoms with E-state index in [1.165, 1.54) is 22.1 Å². The fourth-order valence-electron chi connectivity index (χ4n) is 1.86. The van der Waals surface area contributed by atoms with E-state index in [2.05, 4.69) is 0 Å². The van der Waals surface area contributed by atoms with Crippen molar-refractivity contribution >= 4 is 21.4 Å². The maximum atomic E-state index is 12.2. The molecule has 2 rings (SSSR count). The smallest absolute Gasteiger partial charge is 0.252 e. The highest BCUT2D eigenvalue weighted by Crippen LogP contribution is 2.29. The van der Waals surface area contributed by atoms with Crippen LogP contribution >= 0.6 is 11.3 Å². The second-order valence-electron chi connectivity index (χ2n) is 4.51. The van der Waals surface area contributed by atoms with Gasteiger partial charge in [0, 0.05) is 13.6 Å². The molecule has 1 saturated carbocycles. The fourth-order valence-corrected chi connectivity index (χ4v) is 4.52. The topological polar surface area (TPSA) is 57.6 Å². The number of nitrogens with zero attached hydrogens (tertiary/aromatic N) is 1. The van der Waals surface area contributed by atoms with Crippen molar-refractivity contribution in [1.82, 2.24) is 4.31 Å². The van der Waals surface area contributed by atoms with Gasteiger partial charge >= 0.3 is 0 Å². The SMILES string of the molecule is CN(CC1CCC1)S(=O)(=O)c1cc(CO)cs1. The van der Waals surface area contributed by atoms with E-state index in [9.17, 15) is 8.42 Å². The van der Waals surface area contributed by atoms with Crippen LogP contribution in [-0.2, 0) is 16.6 Å². The van der Waals surface area contributed by atoms with E-state index >= 15 is 0 Å². The van der Waals surface area contributed by atoms with Gasteiger partial charge < -0.3 is 5.11 Å². The molecule has 0 atom stereocenters. The van der Waals surface area contributed by atoms with E-state index < -0.39 is 10.0 Å². The van der Waals surface area contributed by atoms with Crippen LogP contribution in [-0.4, -0.2) is 31.4 Å². The lowest BCUT2D eigenvalue weighted by atomic mass is 9.86. The minimum atomic E-state index is -3.36. The summed E-state index contributed by atoms with van der Waals surface area (Å²) >= 11 is 1.17. The van der Waals surface area contributed by atoms with Crippen molar-refractivity contribution in [1.29, 1.82) is 0 Å². The molecule has 1 fully saturated rings. The summed E-state index contributed by atoms with van der Waals surface area (Å²) in [6.07, 6.45) is 3.48. The number of aliphatic hydroxyl groups excluding tert-OH is 1. The lowest BCUT2D eigenvalue weighted by Crippen LogP contribution is -2.33. The van der Waals surface area contributed by atoms with E-state index in [4.69, 9.17) is 5.11 Å². The molecule has 0 amide bonds. The van der Waals surface area contributed by atoms with E-state index in [1.54, 1.807) is 18.5 Å². The molecule has 0 aromatic carbocycles. The summed E-state index contributed by atoms with van der Waals surface area (Å²) in [5, 5.41) is 10.6. The highest BCUT2D eigenvalue weighted by Gasteiger charge is 2.27. The molecule has 0 saturated heterocycles. The Morgan fingerprint density at radius 2 is 2.24 bits per heavy atom. The lowest BCUT2D eigenvalue weighted by molar-refractivity contribution is 0.263. The van der Waals surface area contributed by atoms with Gasteiger partial charge in [-0.3, -0.25) is 0 Å². The van der Waals surface area contributed by atoms with Gasteiger partial charge in [0.1, 0.15) is 4.21 Å². The van der Waals surface area contributed by atoms with Gasteiger partial charge in [-0.15, -0.1) is 11.3 Å². The van der Waals surface area contributed by atoms with Crippen LogP contribution < -0.4 is 0 Å². The Morgan fingerprint density at radius 1 is 1.53 bits per heavy atom. The van der Waals surface area contributed by atoms with Crippen molar-refractivity contribution in [2.75, 3.05) is 13.6 Å². The van der Waals surface area contributed by atoms with Gasteiger partial charge in [0.2, 0.25) is 0 Å². The second kappa shape index (κ2) is 5.06. The first-order valence-electron chi connectivity index (χ1n) is 5.68. The van der Waals surface area contributed by atoms with Crippen LogP contribution in [0.4, 0.5) is 0 Å². The second-order valence-corrected chi connectivity index (χ2v) is 7.70. The maximum Gasteiger partial charge on any atom is 0.252 e. The van der Waals surface area contributed by atoms with Gasteiger partial charge in [0.25, 0.3) is 10.0 Å². The Morgan fingerprint density at radius 3 is 2.71 bits per heavy atom. The van der Waals surface area contributed by atoms with Gasteiger partial charge in [-0.1, -0.05) is 6.42 Å². The number of sulfonamides is 1. The number of rotatable bonds is 5. The molecule has 0 spiro atoms. The molecule has 0 unspecified atom stereocenters. The van der Waals surface area contributed by atoms with Gasteiger partial charge in [0.05, 0.1) is 6.61 Å². The quantitative estimate of drug-likeness (QED) is 0.889. The van der Waals surface area contributed by atoms with Crippen LogP contribution in [0.2, 0.25) is 0 Å². The standard InChI is InChI=1S/C11H17NO3S2/c1-12(6-9-3-2-4-9)17(14,15)11-5-10(7-13)8-16-11/h5,8-9,13H,2-4,6-7H2,1H3. The largest absolute Gasteiger partial charge is 0.392 e. The zero-order chi connectivity index (χ0) is 12.5. The number of hydrogen-bond donors (Lipinski definition) is 1. The Labute approximate surface area is 106 Å². The molecule has 0 radical (unpaired) electrons. The summed E-state index contributed by atoms with van der Waals surface area (Å²) in [6, 6.07) is 1.55. The third kappa shape index (κ3) is 2.70. The minimum absolute atomic E-state index is 0.113. The molecule has 1 aromatic heterocycles. The predicted molar refractivity (Wildman–Crippen MR) is 67.4 cm³/mol. The lowest BCUT2D eigenvalue weighted by Gasteiger charge is -2.29. The fraction of sp³-hybridized carbons (Fsp3) is 0.636. The highest BCUT2D eigenvalue weighted by molar-refractivity contribution is 7.91. The van der Waals surface area contributed by atoms with Gasteiger partial charge in [0.15, 0.2) is 0 Å². The van der Waals surface area contributed by atoms with Gasteiger partial charge in [-0.05, 0) is 35.8 Å². The summed E-state index contributed by atoms with van der Waals surface area (Å²) < 4.78 is 26.1. The van der Waals surface area contributed by atoms with Crippen LogP contribution in [0.1, 0.15) is 24.8 Å². The van der Waals surface area contributed by atoms with Gasteiger partial charge in [-0.25, -0.2) is 8.42 Å². The van der Waals surface area contributed by atoms with Crippen molar-refractivity contribution < 1.29 is 13.5 Å². The van der Waals surface area contributed by atoms with Gasteiger partial charge in [-0.2, -0.15) is 4.31 Å². The molecule has 1 aromatic rings. The van der Waals surface area contributed by atoms with Crippen molar-refractivity contribution in [3.8, 4) is 0 Å². The third-order valence-corrected chi connectivity index (χ3v) is 6.50. The number of aliphatic hydroxyl groups is 1. The average molecular weight is 275 g/mol. The van der Waals surface area contributed by atoms with Crippen LogP contribution in [0.5, 0.6) is 0 Å². The predicted octanol–water partition coefficient (Wildman–Crippen LogP) is 1.66. The van der Waals surface area contributed by atoms with Crippen LogP contribution in [0.3, 0.4) is 0 Å². The normalized spacial score (nSPS) is 17.4. The summed E-state index contributed by atoms with van der Waals surface area (Å²) in [7, 11) is -1.73. The molecule has 1 aliphatic carbocycles. The Bertz CT molecular complexity index is 477.